The zero-order chi connectivity index (χ0) is 10.3. The Balaban J connectivity index is 1.99. The SMILES string of the molecule is NCCC1C=C2C(=Cc3ccccc32)O1. The normalized spacial score (nSPS) is 21.5. The summed E-state index contributed by atoms with van der Waals surface area (Å²) in [7, 11) is 0. The molecule has 1 aliphatic heterocycles. The average molecular weight is 199 g/mol. The van der Waals surface area contributed by atoms with E-state index >= 15 is 0 Å². The molecule has 0 fully saturated rings. The van der Waals surface area contributed by atoms with Crippen LogP contribution in [0.25, 0.3) is 11.6 Å². The molecule has 0 amide bonds. The van der Waals surface area contributed by atoms with Crippen molar-refractivity contribution in [1.29, 1.82) is 0 Å². The number of hydrogen-bond acceptors (Lipinski definition) is 2. The number of nitrogens with two attached hydrogens (primary N) is 1. The molecule has 1 aliphatic carbocycles. The van der Waals surface area contributed by atoms with Crippen molar-refractivity contribution in [3.8, 4) is 0 Å². The lowest BCUT2D eigenvalue weighted by Gasteiger charge is -2.07. The van der Waals surface area contributed by atoms with Crippen molar-refractivity contribution in [2.45, 2.75) is 12.5 Å². The second-order valence-electron chi connectivity index (χ2n) is 3.91. The molecule has 1 heterocycles. The molecule has 0 bridgehead atoms. The van der Waals surface area contributed by atoms with Gasteiger partial charge >= 0.3 is 0 Å². The Kier molecular flexibility index (Phi) is 1.89. The molecule has 15 heavy (non-hydrogen) atoms. The smallest absolute Gasteiger partial charge is 0.128 e. The van der Waals surface area contributed by atoms with Crippen molar-refractivity contribution in [2.75, 3.05) is 6.54 Å². The Labute approximate surface area is 89.0 Å². The third-order valence-electron chi connectivity index (χ3n) is 2.89. The summed E-state index contributed by atoms with van der Waals surface area (Å²) >= 11 is 0. The molecule has 2 nitrogen and oxygen atoms in total. The van der Waals surface area contributed by atoms with Gasteiger partial charge in [-0.25, -0.2) is 0 Å². The van der Waals surface area contributed by atoms with E-state index in [1.807, 2.05) is 0 Å². The highest BCUT2D eigenvalue weighted by Gasteiger charge is 2.27. The minimum absolute atomic E-state index is 0.171. The predicted octanol–water partition coefficient (Wildman–Crippen LogP) is 2.17. The van der Waals surface area contributed by atoms with Crippen LogP contribution in [0.5, 0.6) is 0 Å². The van der Waals surface area contributed by atoms with Gasteiger partial charge in [-0.3, -0.25) is 0 Å². The molecule has 2 N–H and O–H groups in total. The largest absolute Gasteiger partial charge is 0.486 e. The molecule has 76 valence electrons. The molecule has 0 aromatic heterocycles. The monoisotopic (exact) mass is 199 g/mol. The van der Waals surface area contributed by atoms with E-state index in [-0.39, 0.29) is 6.10 Å². The Bertz CT molecular complexity index is 459. The van der Waals surface area contributed by atoms with Crippen LogP contribution in [0.1, 0.15) is 17.5 Å². The van der Waals surface area contributed by atoms with E-state index in [2.05, 4.69) is 36.4 Å². The minimum Gasteiger partial charge on any atom is -0.486 e. The third-order valence-corrected chi connectivity index (χ3v) is 2.89. The van der Waals surface area contributed by atoms with E-state index < -0.39 is 0 Å². The third kappa shape index (κ3) is 1.29. The molecule has 0 saturated carbocycles. The molecule has 1 aromatic carbocycles. The van der Waals surface area contributed by atoms with Crippen LogP contribution in [0.2, 0.25) is 0 Å². The van der Waals surface area contributed by atoms with Crippen LogP contribution in [-0.2, 0) is 4.74 Å². The fraction of sp³-hybridized carbons (Fsp3) is 0.231. The Morgan fingerprint density at radius 1 is 1.27 bits per heavy atom. The van der Waals surface area contributed by atoms with Crippen LogP contribution < -0.4 is 5.73 Å². The van der Waals surface area contributed by atoms with Crippen LogP contribution >= 0.6 is 0 Å². The summed E-state index contributed by atoms with van der Waals surface area (Å²) in [5, 5.41) is 0. The van der Waals surface area contributed by atoms with E-state index in [9.17, 15) is 0 Å². The quantitative estimate of drug-likeness (QED) is 0.792. The molecule has 0 radical (unpaired) electrons. The predicted molar refractivity (Wildman–Crippen MR) is 60.9 cm³/mol. The van der Waals surface area contributed by atoms with Crippen LogP contribution in [-0.4, -0.2) is 12.6 Å². The van der Waals surface area contributed by atoms with Gasteiger partial charge in [-0.15, -0.1) is 0 Å². The molecule has 0 saturated heterocycles. The molecular weight excluding hydrogens is 186 g/mol. The Hall–Kier alpha value is -1.54. The van der Waals surface area contributed by atoms with E-state index in [0.717, 1.165) is 12.2 Å². The molecule has 1 atom stereocenters. The highest BCUT2D eigenvalue weighted by molar-refractivity contribution is 5.94. The summed E-state index contributed by atoms with van der Waals surface area (Å²) in [4.78, 5) is 0. The lowest BCUT2D eigenvalue weighted by atomic mass is 10.1. The number of hydrogen-bond donors (Lipinski definition) is 1. The number of ether oxygens (including phenoxy) is 1. The van der Waals surface area contributed by atoms with Gasteiger partial charge in [-0.05, 0) is 29.8 Å². The Morgan fingerprint density at radius 2 is 2.13 bits per heavy atom. The van der Waals surface area contributed by atoms with Crippen molar-refractivity contribution >= 4 is 11.6 Å². The van der Waals surface area contributed by atoms with E-state index in [1.54, 1.807) is 0 Å². The van der Waals surface area contributed by atoms with Gasteiger partial charge in [0.25, 0.3) is 0 Å². The minimum atomic E-state index is 0.171. The maximum atomic E-state index is 5.80. The molecule has 2 heteroatoms. The summed E-state index contributed by atoms with van der Waals surface area (Å²) in [6.45, 7) is 0.670. The lowest BCUT2D eigenvalue weighted by Crippen LogP contribution is -2.11. The molecule has 1 unspecified atom stereocenters. The molecule has 1 aromatic rings. The second kappa shape index (κ2) is 3.24. The van der Waals surface area contributed by atoms with Crippen LogP contribution in [0.15, 0.2) is 36.1 Å². The average Bonchev–Trinajstić information content (AvgIpc) is 2.75. The summed E-state index contributed by atoms with van der Waals surface area (Å²) in [6, 6.07) is 8.36. The van der Waals surface area contributed by atoms with Crippen molar-refractivity contribution in [1.82, 2.24) is 0 Å². The maximum absolute atomic E-state index is 5.80. The van der Waals surface area contributed by atoms with Crippen molar-refractivity contribution in [2.24, 2.45) is 5.73 Å². The number of allylic oxidation sites excluding steroid dienone is 1. The van der Waals surface area contributed by atoms with Gasteiger partial charge in [0.2, 0.25) is 0 Å². The first kappa shape index (κ1) is 8.74. The summed E-state index contributed by atoms with van der Waals surface area (Å²) in [5.41, 5.74) is 9.30. The standard InChI is InChI=1S/C13H13NO/c14-6-5-10-8-12-11-4-2-1-3-9(11)7-13(12)15-10/h1-4,7-8,10H,5-6,14H2. The van der Waals surface area contributed by atoms with Crippen LogP contribution in [0.3, 0.4) is 0 Å². The van der Waals surface area contributed by atoms with Gasteiger partial charge < -0.3 is 10.5 Å². The van der Waals surface area contributed by atoms with Gasteiger partial charge in [-0.1, -0.05) is 24.3 Å². The zero-order valence-corrected chi connectivity index (χ0v) is 8.44. The summed E-state index contributed by atoms with van der Waals surface area (Å²) in [5.74, 6) is 1.01. The van der Waals surface area contributed by atoms with Crippen LogP contribution in [0.4, 0.5) is 0 Å². The first-order valence-corrected chi connectivity index (χ1v) is 5.28. The lowest BCUT2D eigenvalue weighted by molar-refractivity contribution is 0.179. The van der Waals surface area contributed by atoms with Gasteiger partial charge in [0, 0.05) is 12.0 Å². The zero-order valence-electron chi connectivity index (χ0n) is 8.44. The topological polar surface area (TPSA) is 35.2 Å². The van der Waals surface area contributed by atoms with Crippen molar-refractivity contribution in [3.05, 3.63) is 47.2 Å². The highest BCUT2D eigenvalue weighted by Crippen LogP contribution is 2.41. The van der Waals surface area contributed by atoms with Crippen molar-refractivity contribution < 1.29 is 4.74 Å². The van der Waals surface area contributed by atoms with E-state index in [4.69, 9.17) is 10.5 Å². The maximum Gasteiger partial charge on any atom is 0.128 e. The molecule has 3 rings (SSSR count). The van der Waals surface area contributed by atoms with Gasteiger partial charge in [-0.2, -0.15) is 0 Å². The summed E-state index contributed by atoms with van der Waals surface area (Å²) in [6.07, 6.45) is 5.36. The first-order valence-electron chi connectivity index (χ1n) is 5.28. The van der Waals surface area contributed by atoms with Crippen molar-refractivity contribution in [3.63, 3.8) is 0 Å². The molecule has 2 aliphatic rings. The first-order chi connectivity index (χ1) is 7.38. The van der Waals surface area contributed by atoms with Gasteiger partial charge in [0.05, 0.1) is 0 Å². The number of rotatable bonds is 2. The number of benzene rings is 1. The Morgan fingerprint density at radius 3 is 3.00 bits per heavy atom. The molecule has 0 spiro atoms. The number of fused-ring (bicyclic) bond motifs is 3. The fourth-order valence-corrected chi connectivity index (χ4v) is 2.18. The molecular formula is C13H13NO. The van der Waals surface area contributed by atoms with E-state index in [0.29, 0.717) is 6.54 Å². The van der Waals surface area contributed by atoms with Gasteiger partial charge in [0.1, 0.15) is 11.9 Å². The van der Waals surface area contributed by atoms with E-state index in [1.165, 1.54) is 16.7 Å². The van der Waals surface area contributed by atoms with Crippen LogP contribution in [0, 0.1) is 0 Å². The summed E-state index contributed by atoms with van der Waals surface area (Å²) < 4.78 is 5.80. The highest BCUT2D eigenvalue weighted by atomic mass is 16.5. The fourth-order valence-electron chi connectivity index (χ4n) is 2.18. The van der Waals surface area contributed by atoms with Gasteiger partial charge in [0.15, 0.2) is 0 Å². The second-order valence-corrected chi connectivity index (χ2v) is 3.91.